The van der Waals surface area contributed by atoms with Crippen LogP contribution in [0.4, 0.5) is 23.2 Å². The molecule has 2 aromatic rings. The molecule has 0 aliphatic heterocycles. The predicted molar refractivity (Wildman–Crippen MR) is 53.7 cm³/mol. The van der Waals surface area contributed by atoms with Crippen LogP contribution in [0.25, 0.3) is 11.4 Å². The van der Waals surface area contributed by atoms with Crippen molar-refractivity contribution in [3.8, 4) is 11.4 Å². The molecule has 1 heterocycles. The maximum absolute atomic E-state index is 13.1. The number of nitrogens with zero attached hydrogens (tertiary/aromatic N) is 4. The number of anilines is 1. The minimum atomic E-state index is -4.47. The summed E-state index contributed by atoms with van der Waals surface area (Å²) in [6, 6.07) is 3.35. The van der Waals surface area contributed by atoms with E-state index in [9.17, 15) is 17.6 Å². The Bertz CT molecular complexity index is 542. The van der Waals surface area contributed by atoms with Gasteiger partial charge in [-0.2, -0.15) is 13.2 Å². The number of hydrogen-bond donors (Lipinski definition) is 1. The first-order chi connectivity index (χ1) is 8.35. The first-order valence-electron chi connectivity index (χ1n) is 4.74. The number of rotatable bonds is 2. The van der Waals surface area contributed by atoms with E-state index in [2.05, 4.69) is 15.5 Å². The first kappa shape index (κ1) is 12.3. The van der Waals surface area contributed by atoms with E-state index in [0.29, 0.717) is 4.68 Å². The maximum atomic E-state index is 13.1. The fraction of sp³-hybridized carbons (Fsp3) is 0.222. The van der Waals surface area contributed by atoms with Crippen LogP contribution in [0.1, 0.15) is 0 Å². The highest BCUT2D eigenvalue weighted by Gasteiger charge is 2.30. The molecule has 1 aromatic carbocycles. The summed E-state index contributed by atoms with van der Waals surface area (Å²) in [7, 11) is 0. The molecule has 2 N–H and O–H groups in total. The molecule has 0 unspecified atom stereocenters. The normalized spacial score (nSPS) is 11.8. The third-order valence-electron chi connectivity index (χ3n) is 2.04. The number of hydrogen-bond acceptors (Lipinski definition) is 4. The summed E-state index contributed by atoms with van der Waals surface area (Å²) in [6.07, 6.45) is -4.47. The number of tetrazole rings is 1. The third kappa shape index (κ3) is 2.73. The molecule has 0 atom stereocenters. The van der Waals surface area contributed by atoms with Crippen LogP contribution in [-0.2, 0) is 6.54 Å². The second kappa shape index (κ2) is 4.24. The van der Waals surface area contributed by atoms with Crippen molar-refractivity contribution in [3.63, 3.8) is 0 Å². The van der Waals surface area contributed by atoms with Gasteiger partial charge >= 0.3 is 6.18 Å². The lowest BCUT2D eigenvalue weighted by Gasteiger charge is -2.08. The summed E-state index contributed by atoms with van der Waals surface area (Å²) < 4.78 is 50.4. The number of alkyl halides is 3. The molecule has 18 heavy (non-hydrogen) atoms. The number of benzene rings is 1. The van der Waals surface area contributed by atoms with Gasteiger partial charge in [-0.15, -0.1) is 5.10 Å². The number of nitrogens with two attached hydrogens (primary N) is 1. The van der Waals surface area contributed by atoms with Crippen molar-refractivity contribution < 1.29 is 17.6 Å². The van der Waals surface area contributed by atoms with Crippen LogP contribution in [0.15, 0.2) is 18.2 Å². The Kier molecular flexibility index (Phi) is 2.89. The van der Waals surface area contributed by atoms with Crippen LogP contribution in [0.5, 0.6) is 0 Å². The van der Waals surface area contributed by atoms with Gasteiger partial charge in [-0.1, -0.05) is 0 Å². The Morgan fingerprint density at radius 1 is 1.22 bits per heavy atom. The van der Waals surface area contributed by atoms with E-state index < -0.39 is 18.5 Å². The van der Waals surface area contributed by atoms with Crippen molar-refractivity contribution in [3.05, 3.63) is 24.0 Å². The van der Waals surface area contributed by atoms with Crippen LogP contribution in [0.3, 0.4) is 0 Å². The first-order valence-corrected chi connectivity index (χ1v) is 4.74. The van der Waals surface area contributed by atoms with Crippen LogP contribution in [-0.4, -0.2) is 26.4 Å². The zero-order valence-corrected chi connectivity index (χ0v) is 8.82. The van der Waals surface area contributed by atoms with E-state index >= 15 is 0 Å². The van der Waals surface area contributed by atoms with E-state index in [1.165, 1.54) is 6.07 Å². The average molecular weight is 261 g/mol. The van der Waals surface area contributed by atoms with Gasteiger partial charge < -0.3 is 5.73 Å². The lowest BCUT2D eigenvalue weighted by atomic mass is 10.2. The second-order valence-electron chi connectivity index (χ2n) is 3.55. The molecular weight excluding hydrogens is 254 g/mol. The Balaban J connectivity index is 2.42. The van der Waals surface area contributed by atoms with Gasteiger partial charge in [-0.25, -0.2) is 9.07 Å². The maximum Gasteiger partial charge on any atom is 0.408 e. The Labute approximate surface area is 98.2 Å². The van der Waals surface area contributed by atoms with Crippen molar-refractivity contribution >= 4 is 5.69 Å². The van der Waals surface area contributed by atoms with Crippen molar-refractivity contribution in [1.29, 1.82) is 0 Å². The van der Waals surface area contributed by atoms with Gasteiger partial charge in [0.2, 0.25) is 0 Å². The summed E-state index contributed by atoms with van der Waals surface area (Å²) in [5.74, 6) is -0.870. The molecule has 5 nitrogen and oxygen atoms in total. The fourth-order valence-corrected chi connectivity index (χ4v) is 1.43. The molecule has 0 amide bonds. The largest absolute Gasteiger partial charge is 0.408 e. The molecule has 9 heteroatoms. The molecule has 1 aromatic heterocycles. The second-order valence-corrected chi connectivity index (χ2v) is 3.55. The summed E-state index contributed by atoms with van der Waals surface area (Å²) >= 11 is 0. The van der Waals surface area contributed by atoms with E-state index in [-0.39, 0.29) is 17.1 Å². The summed E-state index contributed by atoms with van der Waals surface area (Å²) in [5.41, 5.74) is 5.56. The quantitative estimate of drug-likeness (QED) is 0.658. The van der Waals surface area contributed by atoms with Crippen LogP contribution < -0.4 is 5.73 Å². The monoisotopic (exact) mass is 261 g/mol. The Morgan fingerprint density at radius 3 is 2.56 bits per heavy atom. The molecule has 0 aliphatic rings. The highest BCUT2D eigenvalue weighted by Crippen LogP contribution is 2.23. The molecule has 96 valence electrons. The molecule has 0 aliphatic carbocycles. The van der Waals surface area contributed by atoms with Gasteiger partial charge in [-0.05, 0) is 28.6 Å². The van der Waals surface area contributed by atoms with Crippen LogP contribution in [0, 0.1) is 5.82 Å². The van der Waals surface area contributed by atoms with Gasteiger partial charge in [0.25, 0.3) is 0 Å². The summed E-state index contributed by atoms with van der Waals surface area (Å²) in [4.78, 5) is 0. The number of nitrogen functional groups attached to an aromatic ring is 1. The summed E-state index contributed by atoms with van der Waals surface area (Å²) in [5, 5.41) is 9.78. The highest BCUT2D eigenvalue weighted by molar-refractivity contribution is 5.61. The lowest BCUT2D eigenvalue weighted by Crippen LogP contribution is -2.19. The molecule has 0 bridgehead atoms. The number of halogens is 4. The van der Waals surface area contributed by atoms with Crippen LogP contribution in [0.2, 0.25) is 0 Å². The van der Waals surface area contributed by atoms with Crippen molar-refractivity contribution in [2.75, 3.05) is 5.73 Å². The SMILES string of the molecule is Nc1cc(F)cc(-c2nnnn2CC(F)(F)F)c1. The molecule has 0 radical (unpaired) electrons. The lowest BCUT2D eigenvalue weighted by molar-refractivity contribution is -0.142. The third-order valence-corrected chi connectivity index (χ3v) is 2.04. The van der Waals surface area contributed by atoms with Gasteiger partial charge in [0.15, 0.2) is 5.82 Å². The van der Waals surface area contributed by atoms with Crippen molar-refractivity contribution in [2.24, 2.45) is 0 Å². The van der Waals surface area contributed by atoms with Gasteiger partial charge in [0, 0.05) is 11.3 Å². The van der Waals surface area contributed by atoms with Gasteiger partial charge in [-0.3, -0.25) is 0 Å². The fourth-order valence-electron chi connectivity index (χ4n) is 1.43. The molecule has 0 spiro atoms. The van der Waals surface area contributed by atoms with E-state index in [1.807, 2.05) is 0 Å². The topological polar surface area (TPSA) is 69.6 Å². The van der Waals surface area contributed by atoms with E-state index in [4.69, 9.17) is 5.73 Å². The van der Waals surface area contributed by atoms with Gasteiger partial charge in [0.1, 0.15) is 12.4 Å². The Hall–Kier alpha value is -2.19. The zero-order chi connectivity index (χ0) is 13.3. The predicted octanol–water partition coefficient (Wildman–Crippen LogP) is 1.62. The van der Waals surface area contributed by atoms with E-state index in [1.54, 1.807) is 0 Å². The van der Waals surface area contributed by atoms with Gasteiger partial charge in [0.05, 0.1) is 0 Å². The summed E-state index contributed by atoms with van der Waals surface area (Å²) in [6.45, 7) is -1.36. The van der Waals surface area contributed by atoms with Crippen molar-refractivity contribution in [1.82, 2.24) is 20.2 Å². The molecule has 2 rings (SSSR count). The molecule has 0 saturated heterocycles. The molecule has 0 saturated carbocycles. The molecular formula is C9H7F4N5. The average Bonchev–Trinajstić information content (AvgIpc) is 2.61. The highest BCUT2D eigenvalue weighted by atomic mass is 19.4. The Morgan fingerprint density at radius 2 is 1.94 bits per heavy atom. The minimum absolute atomic E-state index is 0.0755. The zero-order valence-electron chi connectivity index (χ0n) is 8.82. The minimum Gasteiger partial charge on any atom is -0.399 e. The van der Waals surface area contributed by atoms with E-state index in [0.717, 1.165) is 12.1 Å². The standard InChI is InChI=1S/C9H7F4N5/c10-6-1-5(2-7(14)3-6)8-15-16-17-18(8)4-9(11,12)13/h1-3H,4,14H2. The van der Waals surface area contributed by atoms with Crippen molar-refractivity contribution in [2.45, 2.75) is 12.7 Å². The smallest absolute Gasteiger partial charge is 0.399 e. The van der Waals surface area contributed by atoms with Crippen LogP contribution >= 0.6 is 0 Å². The number of aromatic nitrogens is 4. The molecule has 0 fully saturated rings.